The molecule has 0 saturated carbocycles. The molecule has 0 spiro atoms. The number of piperazine rings is 1. The third kappa shape index (κ3) is 7.01. The number of hydrogen-bond donors (Lipinski definition) is 2. The van der Waals surface area contributed by atoms with Gasteiger partial charge in [0.2, 0.25) is 0 Å². The van der Waals surface area contributed by atoms with Crippen LogP contribution in [0.25, 0.3) is 0 Å². The highest BCUT2D eigenvalue weighted by Crippen LogP contribution is 2.20. The highest BCUT2D eigenvalue weighted by atomic mass is 127. The van der Waals surface area contributed by atoms with Crippen LogP contribution in [0, 0.1) is 0 Å². The number of methoxy groups -OCH3 is 1. The fraction of sp³-hybridized carbons (Fsp3) is 0.417. The van der Waals surface area contributed by atoms with Gasteiger partial charge >= 0.3 is 0 Å². The number of carbonyl (C=O) groups is 1. The first kappa shape index (κ1) is 25.8. The van der Waals surface area contributed by atoms with Crippen molar-refractivity contribution in [2.45, 2.75) is 20.4 Å². The third-order valence-corrected chi connectivity index (χ3v) is 5.32. The number of nitrogens with one attached hydrogen (secondary N) is 2. The van der Waals surface area contributed by atoms with Crippen molar-refractivity contribution >= 4 is 41.5 Å². The van der Waals surface area contributed by atoms with Gasteiger partial charge in [0.05, 0.1) is 13.7 Å². The van der Waals surface area contributed by atoms with Gasteiger partial charge in [-0.25, -0.2) is 4.99 Å². The molecule has 1 saturated heterocycles. The van der Waals surface area contributed by atoms with Crippen LogP contribution in [0.1, 0.15) is 29.8 Å². The van der Waals surface area contributed by atoms with Crippen LogP contribution in [0.5, 0.6) is 5.75 Å². The predicted octanol–water partition coefficient (Wildman–Crippen LogP) is 3.35. The van der Waals surface area contributed by atoms with Gasteiger partial charge in [0.25, 0.3) is 5.91 Å². The van der Waals surface area contributed by atoms with Crippen molar-refractivity contribution in [1.82, 2.24) is 15.5 Å². The van der Waals surface area contributed by atoms with E-state index in [1.807, 2.05) is 43.3 Å². The van der Waals surface area contributed by atoms with Gasteiger partial charge < -0.3 is 25.2 Å². The monoisotopic (exact) mass is 551 g/mol. The summed E-state index contributed by atoms with van der Waals surface area (Å²) in [6.45, 7) is 9.75. The van der Waals surface area contributed by atoms with Crippen molar-refractivity contribution in [3.8, 4) is 5.75 Å². The van der Waals surface area contributed by atoms with Gasteiger partial charge in [-0.15, -0.1) is 24.0 Å². The largest absolute Gasteiger partial charge is 0.497 e. The Balaban J connectivity index is 0.00000363. The first-order valence-electron chi connectivity index (χ1n) is 10.9. The lowest BCUT2D eigenvalue weighted by molar-refractivity contribution is 0.0956. The van der Waals surface area contributed by atoms with Crippen LogP contribution in [0.4, 0.5) is 5.69 Å². The number of ether oxygens (including phenoxy) is 1. The average Bonchev–Trinajstić information content (AvgIpc) is 2.82. The molecule has 1 aliphatic heterocycles. The van der Waals surface area contributed by atoms with E-state index in [1.54, 1.807) is 7.11 Å². The molecule has 3 rings (SSSR count). The molecule has 1 amide bonds. The molecule has 0 bridgehead atoms. The molecular formula is C24H34IN5O2. The fourth-order valence-electron chi connectivity index (χ4n) is 3.59. The molecule has 0 unspecified atom stereocenters. The Hall–Kier alpha value is -2.49. The second kappa shape index (κ2) is 13.1. The summed E-state index contributed by atoms with van der Waals surface area (Å²) in [6.07, 6.45) is 0. The fourth-order valence-corrected chi connectivity index (χ4v) is 3.59. The van der Waals surface area contributed by atoms with Crippen LogP contribution in [0.2, 0.25) is 0 Å². The lowest BCUT2D eigenvalue weighted by Crippen LogP contribution is -2.52. The maximum absolute atomic E-state index is 11.9. The van der Waals surface area contributed by atoms with Crippen molar-refractivity contribution in [1.29, 1.82) is 0 Å². The number of hydrogen-bond acceptors (Lipinski definition) is 4. The third-order valence-electron chi connectivity index (χ3n) is 5.32. The molecule has 7 nitrogen and oxygen atoms in total. The van der Waals surface area contributed by atoms with E-state index in [1.165, 1.54) is 5.69 Å². The number of halogens is 1. The van der Waals surface area contributed by atoms with Crippen molar-refractivity contribution in [3.63, 3.8) is 0 Å². The van der Waals surface area contributed by atoms with Crippen molar-refractivity contribution in [2.75, 3.05) is 51.3 Å². The highest BCUT2D eigenvalue weighted by Gasteiger charge is 2.20. The van der Waals surface area contributed by atoms with Crippen molar-refractivity contribution < 1.29 is 9.53 Å². The Bertz CT molecular complexity index is 863. The molecule has 2 aromatic carbocycles. The molecule has 8 heteroatoms. The minimum atomic E-state index is -0.0411. The average molecular weight is 551 g/mol. The molecule has 1 heterocycles. The maximum Gasteiger partial charge on any atom is 0.251 e. The molecule has 0 atom stereocenters. The van der Waals surface area contributed by atoms with E-state index >= 15 is 0 Å². The first-order valence-corrected chi connectivity index (χ1v) is 10.9. The van der Waals surface area contributed by atoms with E-state index in [0.29, 0.717) is 18.7 Å². The number of guanidine groups is 1. The zero-order valence-corrected chi connectivity index (χ0v) is 21.5. The van der Waals surface area contributed by atoms with Crippen LogP contribution in [0.3, 0.4) is 0 Å². The van der Waals surface area contributed by atoms with E-state index in [-0.39, 0.29) is 29.9 Å². The minimum Gasteiger partial charge on any atom is -0.497 e. The number of benzene rings is 2. The Labute approximate surface area is 208 Å². The van der Waals surface area contributed by atoms with Gasteiger partial charge in [-0.3, -0.25) is 4.79 Å². The number of anilines is 1. The second-order valence-electron chi connectivity index (χ2n) is 7.40. The topological polar surface area (TPSA) is 69.2 Å². The quantitative estimate of drug-likeness (QED) is 0.314. The smallest absolute Gasteiger partial charge is 0.251 e. The molecule has 32 heavy (non-hydrogen) atoms. The molecule has 0 radical (unpaired) electrons. The number of rotatable bonds is 7. The van der Waals surface area contributed by atoms with Crippen LogP contribution in [0.15, 0.2) is 53.5 Å². The molecule has 0 aliphatic carbocycles. The van der Waals surface area contributed by atoms with Crippen LogP contribution in [-0.2, 0) is 6.54 Å². The lowest BCUT2D eigenvalue weighted by atomic mass is 10.1. The molecule has 1 aliphatic rings. The first-order chi connectivity index (χ1) is 15.1. The van der Waals surface area contributed by atoms with Crippen LogP contribution in [-0.4, -0.2) is 63.1 Å². The van der Waals surface area contributed by atoms with Gasteiger partial charge in [-0.2, -0.15) is 0 Å². The predicted molar refractivity (Wildman–Crippen MR) is 141 cm³/mol. The SMILES string of the molecule is CCNC(=O)c1ccc(CN=C(NCC)N2CCN(c3ccc(OC)cc3)CC2)cc1.I. The summed E-state index contributed by atoms with van der Waals surface area (Å²) in [6, 6.07) is 15.9. The number of amides is 1. The molecular weight excluding hydrogens is 517 g/mol. The molecule has 174 valence electrons. The summed E-state index contributed by atoms with van der Waals surface area (Å²) in [7, 11) is 1.69. The van der Waals surface area contributed by atoms with Gasteiger partial charge in [0, 0.05) is 50.5 Å². The Morgan fingerprint density at radius 2 is 1.56 bits per heavy atom. The summed E-state index contributed by atoms with van der Waals surface area (Å²) in [4.78, 5) is 21.4. The molecule has 2 N–H and O–H groups in total. The number of nitrogens with zero attached hydrogens (tertiary/aromatic N) is 3. The van der Waals surface area contributed by atoms with E-state index < -0.39 is 0 Å². The molecule has 0 aromatic heterocycles. The zero-order chi connectivity index (χ0) is 22.1. The highest BCUT2D eigenvalue weighted by molar-refractivity contribution is 14.0. The zero-order valence-electron chi connectivity index (χ0n) is 19.1. The summed E-state index contributed by atoms with van der Waals surface area (Å²) < 4.78 is 5.25. The maximum atomic E-state index is 11.9. The summed E-state index contributed by atoms with van der Waals surface area (Å²) in [5, 5.41) is 6.23. The lowest BCUT2D eigenvalue weighted by Gasteiger charge is -2.37. The Morgan fingerprint density at radius 3 is 2.12 bits per heavy atom. The minimum absolute atomic E-state index is 0. The summed E-state index contributed by atoms with van der Waals surface area (Å²) >= 11 is 0. The van der Waals surface area contributed by atoms with E-state index in [4.69, 9.17) is 9.73 Å². The van der Waals surface area contributed by atoms with E-state index in [2.05, 4.69) is 39.5 Å². The van der Waals surface area contributed by atoms with Gasteiger partial charge in [-0.05, 0) is 55.8 Å². The standard InChI is InChI=1S/C24H33N5O2.HI/c1-4-25-23(30)20-8-6-19(7-9-20)18-27-24(26-5-2)29-16-14-28(15-17-29)21-10-12-22(31-3)13-11-21;/h6-13H,4-5,14-18H2,1-3H3,(H,25,30)(H,26,27);1H. The second-order valence-corrected chi connectivity index (χ2v) is 7.40. The van der Waals surface area contributed by atoms with Crippen LogP contribution < -0.4 is 20.3 Å². The van der Waals surface area contributed by atoms with Gasteiger partial charge in [0.1, 0.15) is 5.75 Å². The van der Waals surface area contributed by atoms with Crippen molar-refractivity contribution in [3.05, 3.63) is 59.7 Å². The van der Waals surface area contributed by atoms with E-state index in [0.717, 1.165) is 50.0 Å². The summed E-state index contributed by atoms with van der Waals surface area (Å²) in [5.74, 6) is 1.77. The molecule has 2 aromatic rings. The Morgan fingerprint density at radius 1 is 0.938 bits per heavy atom. The van der Waals surface area contributed by atoms with E-state index in [9.17, 15) is 4.79 Å². The summed E-state index contributed by atoms with van der Waals surface area (Å²) in [5.41, 5.74) is 2.98. The molecule has 1 fully saturated rings. The Kier molecular flexibility index (Phi) is 10.6. The van der Waals surface area contributed by atoms with Gasteiger partial charge in [0.15, 0.2) is 5.96 Å². The van der Waals surface area contributed by atoms with Crippen LogP contribution >= 0.6 is 24.0 Å². The van der Waals surface area contributed by atoms with Gasteiger partial charge in [-0.1, -0.05) is 12.1 Å². The van der Waals surface area contributed by atoms with Crippen molar-refractivity contribution in [2.24, 2.45) is 4.99 Å². The number of aliphatic imine (C=N–C) groups is 1. The number of carbonyl (C=O) groups excluding carboxylic acids is 1. The normalized spacial score (nSPS) is 13.9.